The van der Waals surface area contributed by atoms with Crippen LogP contribution >= 0.6 is 0 Å². The first-order valence-electron chi connectivity index (χ1n) is 8.34. The maximum Gasteiger partial charge on any atom is 0.337 e. The number of anilines is 1. The Labute approximate surface area is 141 Å². The Balaban J connectivity index is 1.68. The highest BCUT2D eigenvalue weighted by atomic mass is 16.5. The van der Waals surface area contributed by atoms with Crippen molar-refractivity contribution in [3.05, 3.63) is 64.7 Å². The van der Waals surface area contributed by atoms with Gasteiger partial charge in [-0.1, -0.05) is 29.8 Å². The van der Waals surface area contributed by atoms with Gasteiger partial charge >= 0.3 is 5.97 Å². The second-order valence-corrected chi connectivity index (χ2v) is 6.57. The summed E-state index contributed by atoms with van der Waals surface area (Å²) in [5.41, 5.74) is 5.41. The number of rotatable bonds is 2. The highest BCUT2D eigenvalue weighted by Crippen LogP contribution is 2.49. The number of carbonyl (C=O) groups is 1. The van der Waals surface area contributed by atoms with Crippen molar-refractivity contribution >= 4 is 11.7 Å². The van der Waals surface area contributed by atoms with Crippen LogP contribution in [0.1, 0.15) is 45.6 Å². The fourth-order valence-electron chi connectivity index (χ4n) is 3.87. The van der Waals surface area contributed by atoms with Gasteiger partial charge in [-0.05, 0) is 37.1 Å². The van der Waals surface area contributed by atoms with E-state index in [4.69, 9.17) is 9.47 Å². The topological polar surface area (TPSA) is 47.6 Å². The second kappa shape index (κ2) is 5.95. The maximum absolute atomic E-state index is 11.6. The van der Waals surface area contributed by atoms with Gasteiger partial charge in [-0.3, -0.25) is 0 Å². The molecule has 2 aliphatic heterocycles. The molecule has 3 atom stereocenters. The molecule has 4 rings (SSSR count). The van der Waals surface area contributed by atoms with Crippen LogP contribution in [-0.4, -0.2) is 19.7 Å². The van der Waals surface area contributed by atoms with Gasteiger partial charge in [0, 0.05) is 23.8 Å². The Morgan fingerprint density at radius 1 is 1.21 bits per heavy atom. The lowest BCUT2D eigenvalue weighted by Gasteiger charge is -2.36. The molecule has 0 bridgehead atoms. The molecular weight excluding hydrogens is 302 g/mol. The summed E-state index contributed by atoms with van der Waals surface area (Å²) in [6, 6.07) is 14.4. The molecule has 2 heterocycles. The number of hydrogen-bond acceptors (Lipinski definition) is 4. The number of esters is 1. The largest absolute Gasteiger partial charge is 0.465 e. The average Bonchev–Trinajstić information content (AvgIpc) is 3.11. The molecular formula is C20H21NO3. The number of hydrogen-bond donors (Lipinski definition) is 1. The zero-order chi connectivity index (χ0) is 16.7. The molecule has 0 saturated carbocycles. The first-order valence-corrected chi connectivity index (χ1v) is 8.34. The van der Waals surface area contributed by atoms with Crippen molar-refractivity contribution in [3.8, 4) is 0 Å². The first-order chi connectivity index (χ1) is 11.7. The van der Waals surface area contributed by atoms with Crippen LogP contribution in [0.4, 0.5) is 5.69 Å². The quantitative estimate of drug-likeness (QED) is 0.848. The van der Waals surface area contributed by atoms with Gasteiger partial charge in [0.25, 0.3) is 0 Å². The van der Waals surface area contributed by atoms with E-state index in [1.807, 2.05) is 24.3 Å². The molecule has 2 aromatic rings. The molecule has 0 amide bonds. The Kier molecular flexibility index (Phi) is 3.77. The van der Waals surface area contributed by atoms with E-state index in [9.17, 15) is 4.79 Å². The molecule has 0 aromatic heterocycles. The van der Waals surface area contributed by atoms with Gasteiger partial charge in [0.1, 0.15) is 0 Å². The number of aryl methyl sites for hydroxylation is 1. The molecule has 2 aliphatic rings. The van der Waals surface area contributed by atoms with Crippen LogP contribution < -0.4 is 5.32 Å². The van der Waals surface area contributed by atoms with Gasteiger partial charge in [0.15, 0.2) is 0 Å². The van der Waals surface area contributed by atoms with E-state index < -0.39 is 0 Å². The van der Waals surface area contributed by atoms with Gasteiger partial charge in [0.2, 0.25) is 0 Å². The number of methoxy groups -OCH3 is 1. The van der Waals surface area contributed by atoms with E-state index in [2.05, 4.69) is 30.4 Å². The normalized spacial score (nSPS) is 24.7. The third kappa shape index (κ3) is 2.47. The van der Waals surface area contributed by atoms with Gasteiger partial charge in [-0.15, -0.1) is 0 Å². The second-order valence-electron chi connectivity index (χ2n) is 6.57. The van der Waals surface area contributed by atoms with E-state index in [0.29, 0.717) is 11.5 Å². The van der Waals surface area contributed by atoms with Crippen molar-refractivity contribution in [1.29, 1.82) is 0 Å². The highest BCUT2D eigenvalue weighted by molar-refractivity contribution is 5.89. The van der Waals surface area contributed by atoms with Crippen molar-refractivity contribution in [2.24, 2.45) is 5.92 Å². The number of benzene rings is 2. The van der Waals surface area contributed by atoms with Crippen LogP contribution in [0.2, 0.25) is 0 Å². The number of carbonyl (C=O) groups excluding carboxylic acids is 1. The summed E-state index contributed by atoms with van der Waals surface area (Å²) >= 11 is 0. The fourth-order valence-corrected chi connectivity index (χ4v) is 3.87. The van der Waals surface area contributed by atoms with Crippen LogP contribution in [0, 0.1) is 12.8 Å². The molecule has 2 aromatic carbocycles. The van der Waals surface area contributed by atoms with Crippen molar-refractivity contribution in [1.82, 2.24) is 0 Å². The van der Waals surface area contributed by atoms with Gasteiger partial charge in [-0.2, -0.15) is 0 Å². The highest BCUT2D eigenvalue weighted by Gasteiger charge is 2.41. The monoisotopic (exact) mass is 323 g/mol. The SMILES string of the molecule is COC(=O)c1ccc([C@@H]2Nc3ccc(C)cc3[C@@H]3OCC[C@H]23)cc1. The van der Waals surface area contributed by atoms with Gasteiger partial charge in [0.05, 0.1) is 24.8 Å². The van der Waals surface area contributed by atoms with Gasteiger partial charge in [-0.25, -0.2) is 4.79 Å². The van der Waals surface area contributed by atoms with E-state index in [0.717, 1.165) is 18.7 Å². The number of fused-ring (bicyclic) bond motifs is 3. The van der Waals surface area contributed by atoms with E-state index >= 15 is 0 Å². The Hall–Kier alpha value is -2.33. The molecule has 0 radical (unpaired) electrons. The van der Waals surface area contributed by atoms with E-state index in [1.165, 1.54) is 23.8 Å². The van der Waals surface area contributed by atoms with E-state index in [1.54, 1.807) is 0 Å². The zero-order valence-electron chi connectivity index (χ0n) is 13.9. The van der Waals surface area contributed by atoms with Crippen LogP contribution in [0.15, 0.2) is 42.5 Å². The third-order valence-electron chi connectivity index (χ3n) is 5.08. The molecule has 1 N–H and O–H groups in total. The van der Waals surface area contributed by atoms with Crippen LogP contribution in [0.3, 0.4) is 0 Å². The van der Waals surface area contributed by atoms with Crippen molar-refractivity contribution in [3.63, 3.8) is 0 Å². The smallest absolute Gasteiger partial charge is 0.337 e. The summed E-state index contributed by atoms with van der Waals surface area (Å²) in [4.78, 5) is 11.6. The van der Waals surface area contributed by atoms with Crippen LogP contribution in [0.25, 0.3) is 0 Å². The molecule has 1 saturated heterocycles. The molecule has 0 spiro atoms. The standard InChI is InChI=1S/C20H21NO3/c1-12-3-8-17-16(11-12)19-15(9-10-24-19)18(21-17)13-4-6-14(7-5-13)20(22)23-2/h3-8,11,15,18-19,21H,9-10H2,1-2H3/t15-,18+,19-/m1/s1. The van der Waals surface area contributed by atoms with Crippen molar-refractivity contribution < 1.29 is 14.3 Å². The minimum atomic E-state index is -0.305. The molecule has 4 nitrogen and oxygen atoms in total. The summed E-state index contributed by atoms with van der Waals surface area (Å²) in [7, 11) is 1.40. The molecule has 4 heteroatoms. The van der Waals surface area contributed by atoms with Crippen molar-refractivity contribution in [2.45, 2.75) is 25.5 Å². The lowest BCUT2D eigenvalue weighted by Crippen LogP contribution is -2.29. The third-order valence-corrected chi connectivity index (χ3v) is 5.08. The first kappa shape index (κ1) is 15.2. The molecule has 24 heavy (non-hydrogen) atoms. The summed E-state index contributed by atoms with van der Waals surface area (Å²) < 4.78 is 10.8. The lowest BCUT2D eigenvalue weighted by atomic mass is 9.80. The summed E-state index contributed by atoms with van der Waals surface area (Å²) in [6.07, 6.45) is 1.18. The molecule has 0 aliphatic carbocycles. The number of nitrogens with one attached hydrogen (secondary N) is 1. The Bertz CT molecular complexity index is 769. The number of ether oxygens (including phenoxy) is 2. The summed E-state index contributed by atoms with van der Waals surface area (Å²) in [6.45, 7) is 2.91. The minimum absolute atomic E-state index is 0.145. The predicted molar refractivity (Wildman–Crippen MR) is 92.1 cm³/mol. The summed E-state index contributed by atoms with van der Waals surface area (Å²) in [5.74, 6) is 0.101. The predicted octanol–water partition coefficient (Wildman–Crippen LogP) is 4.03. The van der Waals surface area contributed by atoms with Crippen LogP contribution in [-0.2, 0) is 9.47 Å². The average molecular weight is 323 g/mol. The molecule has 124 valence electrons. The minimum Gasteiger partial charge on any atom is -0.465 e. The lowest BCUT2D eigenvalue weighted by molar-refractivity contribution is 0.0600. The zero-order valence-corrected chi connectivity index (χ0v) is 13.9. The fraction of sp³-hybridized carbons (Fsp3) is 0.350. The maximum atomic E-state index is 11.6. The molecule has 1 fully saturated rings. The summed E-state index contributed by atoms with van der Waals surface area (Å²) in [5, 5.41) is 3.68. The van der Waals surface area contributed by atoms with Crippen LogP contribution in [0.5, 0.6) is 0 Å². The van der Waals surface area contributed by atoms with Gasteiger partial charge < -0.3 is 14.8 Å². The molecule has 0 unspecified atom stereocenters. The Morgan fingerprint density at radius 2 is 2.00 bits per heavy atom. The van der Waals surface area contributed by atoms with Crippen molar-refractivity contribution in [2.75, 3.05) is 19.0 Å². The Morgan fingerprint density at radius 3 is 2.75 bits per heavy atom. The van der Waals surface area contributed by atoms with E-state index in [-0.39, 0.29) is 18.1 Å².